The topological polar surface area (TPSA) is 49.9 Å². The molecule has 1 saturated heterocycles. The number of nitrogens with zero attached hydrogens (tertiary/aromatic N) is 2. The first kappa shape index (κ1) is 15.3. The van der Waals surface area contributed by atoms with Crippen LogP contribution >= 0.6 is 0 Å². The Labute approximate surface area is 123 Å². The highest BCUT2D eigenvalue weighted by molar-refractivity contribution is 5.77. The Morgan fingerprint density at radius 3 is 2.24 bits per heavy atom. The van der Waals surface area contributed by atoms with E-state index in [9.17, 15) is 14.0 Å². The van der Waals surface area contributed by atoms with E-state index in [4.69, 9.17) is 4.74 Å². The van der Waals surface area contributed by atoms with Crippen molar-refractivity contribution in [1.29, 1.82) is 0 Å². The molecule has 0 aromatic heterocycles. The van der Waals surface area contributed by atoms with Crippen LogP contribution in [0.2, 0.25) is 0 Å². The summed E-state index contributed by atoms with van der Waals surface area (Å²) in [4.78, 5) is 26.7. The van der Waals surface area contributed by atoms with E-state index in [1.54, 1.807) is 9.80 Å². The average molecular weight is 294 g/mol. The van der Waals surface area contributed by atoms with Gasteiger partial charge in [-0.2, -0.15) is 0 Å². The molecule has 6 heteroatoms. The molecule has 0 bridgehead atoms. The third kappa shape index (κ3) is 4.44. The molecule has 1 aromatic rings. The SMILES string of the molecule is CC(=O)N1CCN(C(=O)CCOc2ccc(F)cc2)CC1. The monoisotopic (exact) mass is 294 g/mol. The van der Waals surface area contributed by atoms with Gasteiger partial charge in [0.2, 0.25) is 11.8 Å². The number of benzene rings is 1. The van der Waals surface area contributed by atoms with Crippen molar-refractivity contribution in [2.24, 2.45) is 0 Å². The summed E-state index contributed by atoms with van der Waals surface area (Å²) in [6.07, 6.45) is 0.275. The lowest BCUT2D eigenvalue weighted by Crippen LogP contribution is -2.50. The van der Waals surface area contributed by atoms with E-state index in [1.807, 2.05) is 0 Å². The van der Waals surface area contributed by atoms with Crippen molar-refractivity contribution in [2.75, 3.05) is 32.8 Å². The number of hydrogen-bond donors (Lipinski definition) is 0. The summed E-state index contributed by atoms with van der Waals surface area (Å²) >= 11 is 0. The van der Waals surface area contributed by atoms with Crippen LogP contribution in [0.3, 0.4) is 0 Å². The van der Waals surface area contributed by atoms with Crippen molar-refractivity contribution in [2.45, 2.75) is 13.3 Å². The third-order valence-electron chi connectivity index (χ3n) is 3.48. The van der Waals surface area contributed by atoms with E-state index in [2.05, 4.69) is 0 Å². The summed E-state index contributed by atoms with van der Waals surface area (Å²) in [6.45, 7) is 4.09. The van der Waals surface area contributed by atoms with Crippen LogP contribution in [-0.4, -0.2) is 54.4 Å². The standard InChI is InChI=1S/C15H19FN2O3/c1-12(19)17-7-9-18(10-8-17)15(20)6-11-21-14-4-2-13(16)3-5-14/h2-5H,6-11H2,1H3. The zero-order valence-electron chi connectivity index (χ0n) is 12.0. The van der Waals surface area contributed by atoms with Gasteiger partial charge in [0.05, 0.1) is 13.0 Å². The van der Waals surface area contributed by atoms with Gasteiger partial charge in [-0.25, -0.2) is 4.39 Å². The highest BCUT2D eigenvalue weighted by Crippen LogP contribution is 2.11. The molecule has 0 spiro atoms. The van der Waals surface area contributed by atoms with Gasteiger partial charge in [0.1, 0.15) is 11.6 Å². The maximum atomic E-state index is 12.7. The van der Waals surface area contributed by atoms with Crippen LogP contribution in [-0.2, 0) is 9.59 Å². The molecule has 114 valence electrons. The van der Waals surface area contributed by atoms with E-state index in [1.165, 1.54) is 31.2 Å². The number of ether oxygens (including phenoxy) is 1. The molecule has 1 aliphatic heterocycles. The number of hydrogen-bond acceptors (Lipinski definition) is 3. The van der Waals surface area contributed by atoms with Crippen molar-refractivity contribution in [1.82, 2.24) is 9.80 Å². The zero-order valence-corrected chi connectivity index (χ0v) is 12.0. The second-order valence-electron chi connectivity index (χ2n) is 4.94. The fourth-order valence-electron chi connectivity index (χ4n) is 2.22. The normalized spacial score (nSPS) is 15.0. The lowest BCUT2D eigenvalue weighted by atomic mass is 10.3. The molecule has 0 radical (unpaired) electrons. The summed E-state index contributed by atoms with van der Waals surface area (Å²) < 4.78 is 18.1. The smallest absolute Gasteiger partial charge is 0.226 e. The van der Waals surface area contributed by atoms with Gasteiger partial charge in [0, 0.05) is 33.1 Å². The molecule has 21 heavy (non-hydrogen) atoms. The first-order valence-corrected chi connectivity index (χ1v) is 6.98. The van der Waals surface area contributed by atoms with Gasteiger partial charge in [-0.1, -0.05) is 0 Å². The number of rotatable bonds is 4. The number of carbonyl (C=O) groups excluding carboxylic acids is 2. The minimum Gasteiger partial charge on any atom is -0.493 e. The molecule has 0 aliphatic carbocycles. The molecule has 0 unspecified atom stereocenters. The lowest BCUT2D eigenvalue weighted by molar-refractivity contribution is -0.138. The van der Waals surface area contributed by atoms with Crippen LogP contribution in [0.1, 0.15) is 13.3 Å². The number of halogens is 1. The first-order valence-electron chi connectivity index (χ1n) is 6.98. The number of piperazine rings is 1. The van der Waals surface area contributed by atoms with Crippen molar-refractivity contribution in [3.8, 4) is 5.75 Å². The van der Waals surface area contributed by atoms with Gasteiger partial charge in [-0.3, -0.25) is 9.59 Å². The zero-order chi connectivity index (χ0) is 15.2. The van der Waals surface area contributed by atoms with Crippen molar-refractivity contribution >= 4 is 11.8 Å². The summed E-state index contributed by atoms with van der Waals surface area (Å²) in [7, 11) is 0. The van der Waals surface area contributed by atoms with Crippen LogP contribution in [0.5, 0.6) is 5.75 Å². The molecule has 0 atom stereocenters. The molecule has 5 nitrogen and oxygen atoms in total. The molecular weight excluding hydrogens is 275 g/mol. The molecule has 1 fully saturated rings. The molecule has 2 rings (SSSR count). The first-order chi connectivity index (χ1) is 10.1. The van der Waals surface area contributed by atoms with Crippen LogP contribution in [0, 0.1) is 5.82 Å². The molecule has 1 aromatic carbocycles. The summed E-state index contributed by atoms with van der Waals surface area (Å²) in [5, 5.41) is 0. The predicted molar refractivity (Wildman–Crippen MR) is 75.3 cm³/mol. The average Bonchev–Trinajstić information content (AvgIpc) is 2.49. The van der Waals surface area contributed by atoms with Gasteiger partial charge < -0.3 is 14.5 Å². The molecule has 1 aliphatic rings. The highest BCUT2D eigenvalue weighted by Gasteiger charge is 2.21. The third-order valence-corrected chi connectivity index (χ3v) is 3.48. The van der Waals surface area contributed by atoms with E-state index in [0.717, 1.165) is 0 Å². The van der Waals surface area contributed by atoms with E-state index in [0.29, 0.717) is 31.9 Å². The van der Waals surface area contributed by atoms with Gasteiger partial charge in [-0.15, -0.1) is 0 Å². The molecular formula is C15H19FN2O3. The Hall–Kier alpha value is -2.11. The van der Waals surface area contributed by atoms with Gasteiger partial charge >= 0.3 is 0 Å². The van der Waals surface area contributed by atoms with Gasteiger partial charge in [0.15, 0.2) is 0 Å². The molecule has 0 saturated carbocycles. The maximum Gasteiger partial charge on any atom is 0.226 e. The largest absolute Gasteiger partial charge is 0.493 e. The summed E-state index contributed by atoms with van der Waals surface area (Å²) in [5.74, 6) is 0.287. The Bertz CT molecular complexity index is 496. The van der Waals surface area contributed by atoms with E-state index < -0.39 is 0 Å². The quantitative estimate of drug-likeness (QED) is 0.840. The maximum absolute atomic E-state index is 12.7. The van der Waals surface area contributed by atoms with Gasteiger partial charge in [-0.05, 0) is 24.3 Å². The van der Waals surface area contributed by atoms with Gasteiger partial charge in [0.25, 0.3) is 0 Å². The van der Waals surface area contributed by atoms with E-state index >= 15 is 0 Å². The molecule has 0 N–H and O–H groups in total. The Balaban J connectivity index is 1.70. The van der Waals surface area contributed by atoms with E-state index in [-0.39, 0.29) is 30.7 Å². The predicted octanol–water partition coefficient (Wildman–Crippen LogP) is 1.29. The number of amides is 2. The number of carbonyl (C=O) groups is 2. The Morgan fingerprint density at radius 1 is 1.10 bits per heavy atom. The van der Waals surface area contributed by atoms with Crippen LogP contribution in [0.15, 0.2) is 24.3 Å². The van der Waals surface area contributed by atoms with Crippen molar-refractivity contribution < 1.29 is 18.7 Å². The van der Waals surface area contributed by atoms with Crippen molar-refractivity contribution in [3.63, 3.8) is 0 Å². The van der Waals surface area contributed by atoms with Crippen LogP contribution in [0.25, 0.3) is 0 Å². The Morgan fingerprint density at radius 2 is 1.67 bits per heavy atom. The lowest BCUT2D eigenvalue weighted by Gasteiger charge is -2.34. The second-order valence-corrected chi connectivity index (χ2v) is 4.94. The fraction of sp³-hybridized carbons (Fsp3) is 0.467. The minimum absolute atomic E-state index is 0.0142. The van der Waals surface area contributed by atoms with Crippen molar-refractivity contribution in [3.05, 3.63) is 30.1 Å². The summed E-state index contributed by atoms with van der Waals surface area (Å²) in [6, 6.07) is 5.70. The molecule has 2 amide bonds. The van der Waals surface area contributed by atoms with Crippen LogP contribution in [0.4, 0.5) is 4.39 Å². The minimum atomic E-state index is -0.318. The molecule has 1 heterocycles. The fourth-order valence-corrected chi connectivity index (χ4v) is 2.22. The summed E-state index contributed by atoms with van der Waals surface area (Å²) in [5.41, 5.74) is 0. The Kier molecular flexibility index (Phi) is 5.14. The second kappa shape index (κ2) is 7.06. The highest BCUT2D eigenvalue weighted by atomic mass is 19.1. The van der Waals surface area contributed by atoms with Crippen LogP contribution < -0.4 is 4.74 Å².